The summed E-state index contributed by atoms with van der Waals surface area (Å²) >= 11 is 0. The van der Waals surface area contributed by atoms with Gasteiger partial charge in [-0.1, -0.05) is 44.2 Å². The van der Waals surface area contributed by atoms with E-state index in [2.05, 4.69) is 42.6 Å². The fraction of sp³-hybridized carbons (Fsp3) is 0.588. The summed E-state index contributed by atoms with van der Waals surface area (Å²) in [5.74, 6) is 1.00. The first-order valence-electron chi connectivity index (χ1n) is 7.76. The molecule has 2 rings (SSSR count). The van der Waals surface area contributed by atoms with Crippen molar-refractivity contribution < 1.29 is 4.79 Å². The molecule has 1 unspecified atom stereocenters. The molecule has 1 aromatic rings. The number of nitrogens with one attached hydrogen (secondary N) is 1. The van der Waals surface area contributed by atoms with Crippen LogP contribution in [0.5, 0.6) is 0 Å². The van der Waals surface area contributed by atoms with Gasteiger partial charge >= 0.3 is 0 Å². The molecule has 0 aliphatic carbocycles. The van der Waals surface area contributed by atoms with E-state index in [1.165, 1.54) is 5.56 Å². The van der Waals surface area contributed by atoms with E-state index in [0.717, 1.165) is 39.0 Å². The van der Waals surface area contributed by atoms with Gasteiger partial charge in [0.1, 0.15) is 0 Å². The van der Waals surface area contributed by atoms with Gasteiger partial charge in [0.15, 0.2) is 0 Å². The van der Waals surface area contributed by atoms with Crippen molar-refractivity contribution in [1.82, 2.24) is 10.2 Å². The summed E-state index contributed by atoms with van der Waals surface area (Å²) in [6.07, 6.45) is 2.17. The Hall–Kier alpha value is -1.35. The number of likely N-dealkylation sites (tertiary alicyclic amines) is 1. The third-order valence-corrected chi connectivity index (χ3v) is 4.20. The topological polar surface area (TPSA) is 32.3 Å². The van der Waals surface area contributed by atoms with Gasteiger partial charge in [0.05, 0.1) is 0 Å². The van der Waals surface area contributed by atoms with Crippen molar-refractivity contribution in [3.63, 3.8) is 0 Å². The van der Waals surface area contributed by atoms with Crippen LogP contribution in [0.2, 0.25) is 0 Å². The number of piperidine rings is 1. The van der Waals surface area contributed by atoms with Gasteiger partial charge in [0.2, 0.25) is 5.91 Å². The molecule has 1 aliphatic rings. The summed E-state index contributed by atoms with van der Waals surface area (Å²) in [5.41, 5.74) is 1.42. The van der Waals surface area contributed by atoms with Crippen LogP contribution in [0.3, 0.4) is 0 Å². The maximum Gasteiger partial charge on any atom is 0.226 e. The molecule has 0 bridgehead atoms. The molecule has 20 heavy (non-hydrogen) atoms. The normalized spacial score (nSPS) is 18.0. The average molecular weight is 274 g/mol. The highest BCUT2D eigenvalue weighted by molar-refractivity contribution is 5.78. The number of amides is 1. The van der Waals surface area contributed by atoms with E-state index in [0.29, 0.717) is 11.8 Å². The van der Waals surface area contributed by atoms with Crippen molar-refractivity contribution in [2.24, 2.45) is 5.92 Å². The molecular weight excluding hydrogens is 248 g/mol. The predicted molar refractivity (Wildman–Crippen MR) is 82.7 cm³/mol. The summed E-state index contributed by atoms with van der Waals surface area (Å²) < 4.78 is 0. The first-order chi connectivity index (χ1) is 9.72. The van der Waals surface area contributed by atoms with E-state index in [4.69, 9.17) is 0 Å². The number of hydrogen-bond donors (Lipinski definition) is 1. The number of nitrogens with zero attached hydrogens (tertiary/aromatic N) is 1. The lowest BCUT2D eigenvalue weighted by atomic mass is 9.89. The van der Waals surface area contributed by atoms with Gasteiger partial charge in [-0.05, 0) is 30.9 Å². The molecule has 0 aromatic heterocycles. The quantitative estimate of drug-likeness (QED) is 0.895. The number of benzene rings is 1. The molecule has 3 heteroatoms. The molecule has 0 saturated carbocycles. The number of rotatable bonds is 5. The van der Waals surface area contributed by atoms with Gasteiger partial charge in [-0.3, -0.25) is 4.79 Å². The summed E-state index contributed by atoms with van der Waals surface area (Å²) in [7, 11) is 0. The van der Waals surface area contributed by atoms with Gasteiger partial charge in [-0.2, -0.15) is 0 Å². The highest BCUT2D eigenvalue weighted by atomic mass is 16.2. The molecule has 0 spiro atoms. The van der Waals surface area contributed by atoms with Crippen LogP contribution < -0.4 is 5.32 Å². The molecular formula is C17H26N2O. The van der Waals surface area contributed by atoms with Crippen molar-refractivity contribution in [3.8, 4) is 0 Å². The van der Waals surface area contributed by atoms with Crippen LogP contribution in [-0.4, -0.2) is 37.0 Å². The lowest BCUT2D eigenvalue weighted by Gasteiger charge is -2.34. The fourth-order valence-corrected chi connectivity index (χ4v) is 2.92. The molecule has 1 fully saturated rings. The Morgan fingerprint density at radius 1 is 1.30 bits per heavy atom. The zero-order valence-corrected chi connectivity index (χ0v) is 12.6. The van der Waals surface area contributed by atoms with E-state index in [1.807, 2.05) is 11.8 Å². The third-order valence-electron chi connectivity index (χ3n) is 4.20. The second kappa shape index (κ2) is 7.44. The molecule has 1 heterocycles. The van der Waals surface area contributed by atoms with Crippen LogP contribution >= 0.6 is 0 Å². The van der Waals surface area contributed by atoms with Crippen LogP contribution in [0.1, 0.15) is 38.2 Å². The average Bonchev–Trinajstić information content (AvgIpc) is 2.53. The number of hydrogen-bond acceptors (Lipinski definition) is 2. The summed E-state index contributed by atoms with van der Waals surface area (Å²) in [4.78, 5) is 14.4. The minimum absolute atomic E-state index is 0.0863. The van der Waals surface area contributed by atoms with Crippen molar-refractivity contribution in [3.05, 3.63) is 35.9 Å². The van der Waals surface area contributed by atoms with Gasteiger partial charge in [0, 0.05) is 25.6 Å². The Morgan fingerprint density at radius 3 is 2.55 bits per heavy atom. The van der Waals surface area contributed by atoms with E-state index < -0.39 is 0 Å². The molecule has 3 nitrogen and oxygen atoms in total. The van der Waals surface area contributed by atoms with Crippen molar-refractivity contribution >= 4 is 5.91 Å². The SMILES string of the molecule is CCNCC(C)C(=O)N1CCC(c2ccccc2)CC1. The molecule has 1 aromatic carbocycles. The predicted octanol–water partition coefficient (Wildman–Crippen LogP) is 2.64. The summed E-state index contributed by atoms with van der Waals surface area (Å²) in [6, 6.07) is 10.7. The smallest absolute Gasteiger partial charge is 0.226 e. The second-order valence-electron chi connectivity index (χ2n) is 5.72. The molecule has 110 valence electrons. The zero-order chi connectivity index (χ0) is 14.4. The van der Waals surface area contributed by atoms with Crippen LogP contribution in [0.15, 0.2) is 30.3 Å². The Morgan fingerprint density at radius 2 is 1.95 bits per heavy atom. The molecule has 0 radical (unpaired) electrons. The highest BCUT2D eigenvalue weighted by Crippen LogP contribution is 2.28. The van der Waals surface area contributed by atoms with Gasteiger partial charge in [-0.25, -0.2) is 0 Å². The Kier molecular flexibility index (Phi) is 5.60. The maximum absolute atomic E-state index is 12.3. The molecule has 1 amide bonds. The van der Waals surface area contributed by atoms with Crippen LogP contribution in [0, 0.1) is 5.92 Å². The summed E-state index contributed by atoms with van der Waals surface area (Å²) in [6.45, 7) is 7.60. The minimum atomic E-state index is 0.0863. The number of carbonyl (C=O) groups is 1. The maximum atomic E-state index is 12.3. The Bertz CT molecular complexity index is 410. The molecule has 1 atom stereocenters. The second-order valence-corrected chi connectivity index (χ2v) is 5.72. The van der Waals surface area contributed by atoms with Crippen molar-refractivity contribution in [1.29, 1.82) is 0 Å². The van der Waals surface area contributed by atoms with E-state index >= 15 is 0 Å². The molecule has 1 aliphatic heterocycles. The van der Waals surface area contributed by atoms with E-state index in [9.17, 15) is 4.79 Å². The monoisotopic (exact) mass is 274 g/mol. The minimum Gasteiger partial charge on any atom is -0.342 e. The van der Waals surface area contributed by atoms with E-state index in [1.54, 1.807) is 0 Å². The van der Waals surface area contributed by atoms with Gasteiger partial charge < -0.3 is 10.2 Å². The standard InChI is InChI=1S/C17H26N2O/c1-3-18-13-14(2)17(20)19-11-9-16(10-12-19)15-7-5-4-6-8-15/h4-8,14,16,18H,3,9-13H2,1-2H3. The summed E-state index contributed by atoms with van der Waals surface area (Å²) in [5, 5.41) is 3.26. The van der Waals surface area contributed by atoms with E-state index in [-0.39, 0.29) is 5.92 Å². The number of carbonyl (C=O) groups excluding carboxylic acids is 1. The first kappa shape index (κ1) is 15.0. The molecule has 1 saturated heterocycles. The first-order valence-corrected chi connectivity index (χ1v) is 7.76. The molecule has 1 N–H and O–H groups in total. The van der Waals surface area contributed by atoms with Crippen LogP contribution in [0.4, 0.5) is 0 Å². The largest absolute Gasteiger partial charge is 0.342 e. The zero-order valence-electron chi connectivity index (χ0n) is 12.6. The van der Waals surface area contributed by atoms with Crippen molar-refractivity contribution in [2.75, 3.05) is 26.2 Å². The van der Waals surface area contributed by atoms with Crippen LogP contribution in [0.25, 0.3) is 0 Å². The van der Waals surface area contributed by atoms with Crippen molar-refractivity contribution in [2.45, 2.75) is 32.6 Å². The Labute approximate surface area is 122 Å². The fourth-order valence-electron chi connectivity index (χ4n) is 2.92. The van der Waals surface area contributed by atoms with Crippen LogP contribution in [-0.2, 0) is 4.79 Å². The lowest BCUT2D eigenvalue weighted by Crippen LogP contribution is -2.43. The van der Waals surface area contributed by atoms with Gasteiger partial charge in [0.25, 0.3) is 0 Å². The Balaban J connectivity index is 1.83. The highest BCUT2D eigenvalue weighted by Gasteiger charge is 2.26. The van der Waals surface area contributed by atoms with Gasteiger partial charge in [-0.15, -0.1) is 0 Å². The third kappa shape index (κ3) is 3.83. The lowest BCUT2D eigenvalue weighted by molar-refractivity contribution is -0.135.